The molecule has 2 aromatic heterocycles. The van der Waals surface area contributed by atoms with Crippen molar-refractivity contribution >= 4 is 11.5 Å². The van der Waals surface area contributed by atoms with Gasteiger partial charge in [-0.25, -0.2) is 9.78 Å². The molecule has 2 aromatic rings. The van der Waals surface area contributed by atoms with Crippen LogP contribution in [0.1, 0.15) is 23.2 Å². The number of aromatic nitrogens is 2. The number of imidazole rings is 1. The number of likely N-dealkylation sites (N-methyl/N-ethyl adjacent to an activating group) is 1. The minimum absolute atomic E-state index is 0.258. The Labute approximate surface area is 117 Å². The number of fused-ring (bicyclic) bond motifs is 1. The lowest BCUT2D eigenvalue weighted by Crippen LogP contribution is -2.24. The van der Waals surface area contributed by atoms with Crippen LogP contribution in [-0.4, -0.2) is 42.7 Å². The lowest BCUT2D eigenvalue weighted by atomic mass is 10.2. The molecule has 0 radical (unpaired) electrons. The molecule has 108 valence electrons. The Kier molecular flexibility index (Phi) is 4.24. The molecule has 0 saturated carbocycles. The first-order valence-electron chi connectivity index (χ1n) is 6.41. The maximum Gasteiger partial charge on any atom is 0.358 e. The molecule has 0 spiro atoms. The van der Waals surface area contributed by atoms with Crippen molar-refractivity contribution in [2.24, 2.45) is 0 Å². The number of nitrogens with zero attached hydrogens (tertiary/aromatic N) is 2. The predicted octanol–water partition coefficient (Wildman–Crippen LogP) is 1.28. The number of carbonyl (C=O) groups is 1. The second kappa shape index (κ2) is 5.92. The molecule has 0 saturated heterocycles. The van der Waals surface area contributed by atoms with E-state index in [1.165, 1.54) is 7.11 Å². The van der Waals surface area contributed by atoms with E-state index in [4.69, 9.17) is 9.47 Å². The Bertz CT molecular complexity index is 621. The highest BCUT2D eigenvalue weighted by atomic mass is 16.5. The van der Waals surface area contributed by atoms with E-state index in [1.54, 1.807) is 13.2 Å². The lowest BCUT2D eigenvalue weighted by molar-refractivity contribution is 0.0596. The summed E-state index contributed by atoms with van der Waals surface area (Å²) in [7, 11) is 4.83. The van der Waals surface area contributed by atoms with Crippen molar-refractivity contribution in [3.8, 4) is 5.75 Å². The third-order valence-corrected chi connectivity index (χ3v) is 3.28. The summed E-state index contributed by atoms with van der Waals surface area (Å²) in [4.78, 5) is 16.3. The normalized spacial score (nSPS) is 12.4. The standard InChI is InChI=1S/C14H19N3O3/c1-9(15-2)7-12-16-13(14(18)20-4)11-8-10(19-3)5-6-17(11)12/h5-6,8-9,15H,7H2,1-4H3. The van der Waals surface area contributed by atoms with Gasteiger partial charge in [0.2, 0.25) is 0 Å². The highest BCUT2D eigenvalue weighted by molar-refractivity contribution is 5.95. The molecule has 0 aliphatic heterocycles. The summed E-state index contributed by atoms with van der Waals surface area (Å²) >= 11 is 0. The zero-order chi connectivity index (χ0) is 14.7. The van der Waals surface area contributed by atoms with E-state index in [0.29, 0.717) is 23.4 Å². The summed E-state index contributed by atoms with van der Waals surface area (Å²) in [5.74, 6) is 1.04. The largest absolute Gasteiger partial charge is 0.497 e. The third-order valence-electron chi connectivity index (χ3n) is 3.28. The first-order chi connectivity index (χ1) is 9.60. The highest BCUT2D eigenvalue weighted by Gasteiger charge is 2.19. The Morgan fingerprint density at radius 2 is 2.25 bits per heavy atom. The number of methoxy groups -OCH3 is 2. The van der Waals surface area contributed by atoms with Gasteiger partial charge in [-0.3, -0.25) is 0 Å². The monoisotopic (exact) mass is 277 g/mol. The highest BCUT2D eigenvalue weighted by Crippen LogP contribution is 2.20. The maximum absolute atomic E-state index is 11.8. The van der Waals surface area contributed by atoms with E-state index in [0.717, 1.165) is 5.82 Å². The van der Waals surface area contributed by atoms with Crippen molar-refractivity contribution in [1.29, 1.82) is 0 Å². The van der Waals surface area contributed by atoms with Crippen LogP contribution >= 0.6 is 0 Å². The number of ether oxygens (including phenoxy) is 2. The van der Waals surface area contributed by atoms with Crippen molar-refractivity contribution in [2.45, 2.75) is 19.4 Å². The maximum atomic E-state index is 11.8. The molecule has 20 heavy (non-hydrogen) atoms. The number of rotatable bonds is 5. The Morgan fingerprint density at radius 3 is 2.85 bits per heavy atom. The molecular formula is C14H19N3O3. The van der Waals surface area contributed by atoms with E-state index < -0.39 is 5.97 Å². The number of esters is 1. The molecule has 6 nitrogen and oxygen atoms in total. The van der Waals surface area contributed by atoms with Crippen LogP contribution in [0.3, 0.4) is 0 Å². The van der Waals surface area contributed by atoms with Crippen LogP contribution < -0.4 is 10.1 Å². The minimum Gasteiger partial charge on any atom is -0.497 e. The lowest BCUT2D eigenvalue weighted by Gasteiger charge is -2.09. The fraction of sp³-hybridized carbons (Fsp3) is 0.429. The Morgan fingerprint density at radius 1 is 1.50 bits per heavy atom. The van der Waals surface area contributed by atoms with Crippen molar-refractivity contribution in [1.82, 2.24) is 14.7 Å². The minimum atomic E-state index is -0.445. The number of nitrogens with one attached hydrogen (secondary N) is 1. The average molecular weight is 277 g/mol. The summed E-state index contributed by atoms with van der Waals surface area (Å²) in [6, 6.07) is 3.88. The molecule has 0 fully saturated rings. The molecule has 1 atom stereocenters. The van der Waals surface area contributed by atoms with Crippen molar-refractivity contribution < 1.29 is 14.3 Å². The second-order valence-electron chi connectivity index (χ2n) is 4.58. The molecule has 2 heterocycles. The average Bonchev–Trinajstić information content (AvgIpc) is 2.84. The SMILES string of the molecule is CNC(C)Cc1nc(C(=O)OC)c2cc(OC)ccn12. The summed E-state index contributed by atoms with van der Waals surface area (Å²) < 4.78 is 11.9. The van der Waals surface area contributed by atoms with Gasteiger partial charge in [0.05, 0.1) is 19.7 Å². The van der Waals surface area contributed by atoms with Crippen LogP contribution in [-0.2, 0) is 11.2 Å². The smallest absolute Gasteiger partial charge is 0.358 e. The van der Waals surface area contributed by atoms with Gasteiger partial charge in [0.15, 0.2) is 5.69 Å². The third kappa shape index (κ3) is 2.60. The Hall–Kier alpha value is -2.08. The van der Waals surface area contributed by atoms with E-state index in [-0.39, 0.29) is 6.04 Å². The Balaban J connectivity index is 2.56. The molecule has 0 aliphatic rings. The zero-order valence-electron chi connectivity index (χ0n) is 12.1. The van der Waals surface area contributed by atoms with E-state index >= 15 is 0 Å². The molecule has 0 bridgehead atoms. The summed E-state index contributed by atoms with van der Waals surface area (Å²) in [6.45, 7) is 2.06. The fourth-order valence-corrected chi connectivity index (χ4v) is 2.02. The summed E-state index contributed by atoms with van der Waals surface area (Å²) in [5.41, 5.74) is 0.999. The molecule has 2 rings (SSSR count). The van der Waals surface area contributed by atoms with Gasteiger partial charge in [-0.05, 0) is 20.0 Å². The molecular weight excluding hydrogens is 258 g/mol. The van der Waals surface area contributed by atoms with Crippen molar-refractivity contribution in [3.63, 3.8) is 0 Å². The predicted molar refractivity (Wildman–Crippen MR) is 75.3 cm³/mol. The van der Waals surface area contributed by atoms with Gasteiger partial charge in [-0.15, -0.1) is 0 Å². The van der Waals surface area contributed by atoms with Crippen molar-refractivity contribution in [3.05, 3.63) is 29.8 Å². The number of pyridine rings is 1. The van der Waals surface area contributed by atoms with Gasteiger partial charge in [0, 0.05) is 24.7 Å². The number of hydrogen-bond donors (Lipinski definition) is 1. The molecule has 6 heteroatoms. The molecule has 0 aromatic carbocycles. The van der Waals surface area contributed by atoms with Crippen LogP contribution in [0.4, 0.5) is 0 Å². The van der Waals surface area contributed by atoms with Crippen LogP contribution in [0.15, 0.2) is 18.3 Å². The van der Waals surface area contributed by atoms with Crippen molar-refractivity contribution in [2.75, 3.05) is 21.3 Å². The fourth-order valence-electron chi connectivity index (χ4n) is 2.02. The van der Waals surface area contributed by atoms with Gasteiger partial charge in [-0.1, -0.05) is 0 Å². The molecule has 0 amide bonds. The van der Waals surface area contributed by atoms with E-state index in [1.807, 2.05) is 23.7 Å². The van der Waals surface area contributed by atoms with Gasteiger partial charge < -0.3 is 19.2 Å². The van der Waals surface area contributed by atoms with Crippen LogP contribution in [0.25, 0.3) is 5.52 Å². The van der Waals surface area contributed by atoms with Gasteiger partial charge in [0.1, 0.15) is 11.6 Å². The molecule has 1 N–H and O–H groups in total. The molecule has 0 aliphatic carbocycles. The van der Waals surface area contributed by atoms with E-state index in [2.05, 4.69) is 17.2 Å². The van der Waals surface area contributed by atoms with Gasteiger partial charge in [-0.2, -0.15) is 0 Å². The van der Waals surface area contributed by atoms with E-state index in [9.17, 15) is 4.79 Å². The summed E-state index contributed by atoms with van der Waals surface area (Å²) in [6.07, 6.45) is 2.56. The quantitative estimate of drug-likeness (QED) is 0.834. The zero-order valence-corrected chi connectivity index (χ0v) is 12.1. The van der Waals surface area contributed by atoms with Crippen LogP contribution in [0, 0.1) is 0 Å². The van der Waals surface area contributed by atoms with Crippen LogP contribution in [0.5, 0.6) is 5.75 Å². The second-order valence-corrected chi connectivity index (χ2v) is 4.58. The van der Waals surface area contributed by atoms with Gasteiger partial charge in [0.25, 0.3) is 0 Å². The van der Waals surface area contributed by atoms with Crippen LogP contribution in [0.2, 0.25) is 0 Å². The number of hydrogen-bond acceptors (Lipinski definition) is 5. The molecule has 1 unspecified atom stereocenters. The first-order valence-corrected chi connectivity index (χ1v) is 6.41. The first kappa shape index (κ1) is 14.3. The van der Waals surface area contributed by atoms with Gasteiger partial charge >= 0.3 is 5.97 Å². The topological polar surface area (TPSA) is 64.9 Å². The number of carbonyl (C=O) groups excluding carboxylic acids is 1. The summed E-state index contributed by atoms with van der Waals surface area (Å²) in [5, 5.41) is 3.16.